The minimum absolute atomic E-state index is 0.0688. The van der Waals surface area contributed by atoms with Crippen molar-refractivity contribution in [2.45, 2.75) is 65.0 Å². The van der Waals surface area contributed by atoms with Gasteiger partial charge in [-0.15, -0.1) is 0 Å². The van der Waals surface area contributed by atoms with Crippen LogP contribution in [-0.2, 0) is 4.79 Å². The van der Waals surface area contributed by atoms with E-state index in [0.717, 1.165) is 53.5 Å². The van der Waals surface area contributed by atoms with Crippen molar-refractivity contribution in [1.29, 1.82) is 0 Å². The van der Waals surface area contributed by atoms with E-state index < -0.39 is 0 Å². The molecule has 3 rings (SSSR count). The molecule has 0 radical (unpaired) electrons. The van der Waals surface area contributed by atoms with Gasteiger partial charge in [-0.25, -0.2) is 0 Å². The van der Waals surface area contributed by atoms with Gasteiger partial charge in [0, 0.05) is 41.6 Å². The van der Waals surface area contributed by atoms with Gasteiger partial charge in [0.25, 0.3) is 5.91 Å². The van der Waals surface area contributed by atoms with Gasteiger partial charge in [0.15, 0.2) is 5.78 Å². The Balaban J connectivity index is 1.79. The van der Waals surface area contributed by atoms with Crippen molar-refractivity contribution >= 4 is 44.9 Å². The molecule has 0 bridgehead atoms. The van der Waals surface area contributed by atoms with Crippen LogP contribution in [0.25, 0.3) is 0 Å². The van der Waals surface area contributed by atoms with Crippen LogP contribution in [0.1, 0.15) is 63.2 Å². The average molecular weight is 537 g/mol. The quantitative estimate of drug-likeness (QED) is 0.481. The maximum Gasteiger partial charge on any atom is 0.253 e. The van der Waals surface area contributed by atoms with Crippen LogP contribution < -0.4 is 10.2 Å². The zero-order chi connectivity index (χ0) is 24.3. The summed E-state index contributed by atoms with van der Waals surface area (Å²) in [7, 11) is 4.29. The summed E-state index contributed by atoms with van der Waals surface area (Å²) >= 11 is 10.4. The van der Waals surface area contributed by atoms with Gasteiger partial charge in [-0.2, -0.15) is 0 Å². The number of carbonyl (C=O) groups excluding carboxylic acids is 2. The fourth-order valence-electron chi connectivity index (χ4n) is 5.05. The fraction of sp³-hybridized carbons (Fsp3) is 0.538. The summed E-state index contributed by atoms with van der Waals surface area (Å²) in [4.78, 5) is 30.2. The molecule has 0 unspecified atom stereocenters. The SMILES string of the molecule is CCN(c1cc(Br)cc(C(=O)NCC2=C(C)C=C(C)CC2=O)c1Cl)[C@H]1CC[C@H](N(C)C)CC1. The Labute approximate surface area is 211 Å². The Hall–Kier alpha value is -1.63. The van der Waals surface area contributed by atoms with E-state index in [1.54, 1.807) is 6.07 Å². The van der Waals surface area contributed by atoms with E-state index in [0.29, 0.717) is 34.7 Å². The Kier molecular flexibility index (Phi) is 8.82. The number of anilines is 1. The van der Waals surface area contributed by atoms with Crippen LogP contribution >= 0.6 is 27.5 Å². The summed E-state index contributed by atoms with van der Waals surface area (Å²) in [5.41, 5.74) is 3.93. The number of nitrogens with one attached hydrogen (secondary N) is 1. The van der Waals surface area contributed by atoms with E-state index >= 15 is 0 Å². The summed E-state index contributed by atoms with van der Waals surface area (Å²) < 4.78 is 0.815. The van der Waals surface area contributed by atoms with Gasteiger partial charge in [-0.05, 0) is 78.3 Å². The van der Waals surface area contributed by atoms with Crippen LogP contribution in [0.2, 0.25) is 5.02 Å². The lowest BCUT2D eigenvalue weighted by Gasteiger charge is -2.40. The zero-order valence-electron chi connectivity index (χ0n) is 20.3. The van der Waals surface area contributed by atoms with Crippen molar-refractivity contribution in [1.82, 2.24) is 10.2 Å². The lowest BCUT2D eigenvalue weighted by molar-refractivity contribution is -0.115. The van der Waals surface area contributed by atoms with E-state index in [-0.39, 0.29) is 18.2 Å². The number of allylic oxidation sites excluding steroid dienone is 3. The van der Waals surface area contributed by atoms with E-state index in [2.05, 4.69) is 52.1 Å². The van der Waals surface area contributed by atoms with E-state index in [1.165, 1.54) is 0 Å². The average Bonchev–Trinajstić information content (AvgIpc) is 2.75. The first-order valence-electron chi connectivity index (χ1n) is 11.7. The second-order valence-corrected chi connectivity index (χ2v) is 10.7. The van der Waals surface area contributed by atoms with Gasteiger partial charge >= 0.3 is 0 Å². The minimum Gasteiger partial charge on any atom is -0.368 e. The molecule has 7 heteroatoms. The van der Waals surface area contributed by atoms with Crippen LogP contribution in [0, 0.1) is 0 Å². The highest BCUT2D eigenvalue weighted by Gasteiger charge is 2.29. The topological polar surface area (TPSA) is 52.7 Å². The van der Waals surface area contributed by atoms with Crippen molar-refractivity contribution < 1.29 is 9.59 Å². The second kappa shape index (κ2) is 11.2. The molecule has 2 aliphatic carbocycles. The maximum atomic E-state index is 13.1. The number of hydrogen-bond acceptors (Lipinski definition) is 4. The van der Waals surface area contributed by atoms with Gasteiger partial charge in [0.2, 0.25) is 0 Å². The molecule has 2 aliphatic rings. The molecular formula is C26H35BrClN3O2. The van der Waals surface area contributed by atoms with Crippen LogP contribution in [0.4, 0.5) is 5.69 Å². The van der Waals surface area contributed by atoms with Crippen molar-refractivity contribution in [2.24, 2.45) is 0 Å². The summed E-state index contributed by atoms with van der Waals surface area (Å²) in [6.07, 6.45) is 6.93. The maximum absolute atomic E-state index is 13.1. The van der Waals surface area contributed by atoms with E-state index in [1.807, 2.05) is 26.0 Å². The molecule has 0 spiro atoms. The number of rotatable bonds is 7. The molecule has 180 valence electrons. The van der Waals surface area contributed by atoms with E-state index in [4.69, 9.17) is 11.6 Å². The Morgan fingerprint density at radius 1 is 1.15 bits per heavy atom. The second-order valence-electron chi connectivity index (χ2n) is 9.43. The minimum atomic E-state index is -0.269. The molecule has 0 heterocycles. The number of Topliss-reactive ketones (excluding diaryl/α,β-unsaturated/α-hetero) is 1. The number of halogens is 2. The van der Waals surface area contributed by atoms with Crippen molar-refractivity contribution in [2.75, 3.05) is 32.1 Å². The monoisotopic (exact) mass is 535 g/mol. The van der Waals surface area contributed by atoms with E-state index in [9.17, 15) is 9.59 Å². The van der Waals surface area contributed by atoms with Crippen LogP contribution in [0.15, 0.2) is 39.4 Å². The first-order chi connectivity index (χ1) is 15.6. The Morgan fingerprint density at radius 2 is 1.79 bits per heavy atom. The normalized spacial score (nSPS) is 21.3. The molecule has 1 amide bonds. The molecule has 1 fully saturated rings. The largest absolute Gasteiger partial charge is 0.368 e. The summed E-state index contributed by atoms with van der Waals surface area (Å²) in [6, 6.07) is 4.78. The molecular weight excluding hydrogens is 502 g/mol. The fourth-order valence-corrected chi connectivity index (χ4v) is 5.80. The molecule has 0 saturated heterocycles. The van der Waals surface area contributed by atoms with Gasteiger partial charge in [-0.1, -0.05) is 39.2 Å². The first kappa shape index (κ1) is 26.0. The van der Waals surface area contributed by atoms with Crippen molar-refractivity contribution in [3.8, 4) is 0 Å². The number of nitrogens with zero attached hydrogens (tertiary/aromatic N) is 2. The third-order valence-electron chi connectivity index (χ3n) is 6.89. The molecule has 5 nitrogen and oxygen atoms in total. The molecule has 1 saturated carbocycles. The number of benzene rings is 1. The smallest absolute Gasteiger partial charge is 0.253 e. The first-order valence-corrected chi connectivity index (χ1v) is 12.9. The third kappa shape index (κ3) is 6.09. The molecule has 1 aromatic rings. The molecule has 0 atom stereocenters. The predicted octanol–water partition coefficient (Wildman–Crippen LogP) is 5.77. The number of amides is 1. The molecule has 1 N–H and O–H groups in total. The van der Waals surface area contributed by atoms with Crippen LogP contribution in [0.5, 0.6) is 0 Å². The van der Waals surface area contributed by atoms with Crippen molar-refractivity contribution in [3.05, 3.63) is 50.0 Å². The lowest BCUT2D eigenvalue weighted by Crippen LogP contribution is -2.42. The molecule has 0 aromatic heterocycles. The van der Waals surface area contributed by atoms with Gasteiger partial charge in [-0.3, -0.25) is 9.59 Å². The number of ketones is 1. The van der Waals surface area contributed by atoms with Crippen molar-refractivity contribution in [3.63, 3.8) is 0 Å². The van der Waals surface area contributed by atoms with Gasteiger partial charge < -0.3 is 15.1 Å². The van der Waals surface area contributed by atoms with Gasteiger partial charge in [0.05, 0.1) is 16.3 Å². The van der Waals surface area contributed by atoms with Crippen LogP contribution in [-0.4, -0.2) is 55.9 Å². The molecule has 33 heavy (non-hydrogen) atoms. The zero-order valence-corrected chi connectivity index (χ0v) is 22.6. The summed E-state index contributed by atoms with van der Waals surface area (Å²) in [5, 5.41) is 3.38. The molecule has 1 aromatic carbocycles. The lowest BCUT2D eigenvalue weighted by atomic mass is 9.89. The predicted molar refractivity (Wildman–Crippen MR) is 140 cm³/mol. The highest BCUT2D eigenvalue weighted by molar-refractivity contribution is 9.10. The number of carbonyl (C=O) groups is 2. The van der Waals surface area contributed by atoms with Crippen LogP contribution in [0.3, 0.4) is 0 Å². The standard InChI is InChI=1S/C26H35BrClN3O2/c1-6-31(20-9-7-19(8-10-20)30(4)5)23-14-18(27)13-21(25(23)28)26(33)29-15-22-17(3)11-16(2)12-24(22)32/h11,13-14,19-20H,6-10,12,15H2,1-5H3,(H,29,33)/t19-,20-. The van der Waals surface area contributed by atoms with Gasteiger partial charge in [0.1, 0.15) is 0 Å². The highest BCUT2D eigenvalue weighted by atomic mass is 79.9. The Morgan fingerprint density at radius 3 is 2.36 bits per heavy atom. The summed E-state index contributed by atoms with van der Waals surface area (Å²) in [5.74, 6) is -0.200. The third-order valence-corrected chi connectivity index (χ3v) is 7.75. The highest BCUT2D eigenvalue weighted by Crippen LogP contribution is 2.37. The number of hydrogen-bond donors (Lipinski definition) is 1. The summed E-state index contributed by atoms with van der Waals surface area (Å²) in [6.45, 7) is 7.02. The Bertz CT molecular complexity index is 978. The molecule has 0 aliphatic heterocycles.